The molecule has 0 spiro atoms. The SMILES string of the molecule is CC1=NN(c2ccc(Cl)c(C(=O)O)c2)C(=O)/C1=C\c1cc(Br)ccc1OC(C)C. The van der Waals surface area contributed by atoms with Crippen molar-refractivity contribution in [2.24, 2.45) is 5.10 Å². The molecular weight excluding hydrogens is 460 g/mol. The highest BCUT2D eigenvalue weighted by atomic mass is 79.9. The molecule has 1 heterocycles. The third-order valence-electron chi connectivity index (χ3n) is 4.12. The van der Waals surface area contributed by atoms with E-state index in [1.54, 1.807) is 19.1 Å². The van der Waals surface area contributed by atoms with Crippen LogP contribution in [0, 0.1) is 0 Å². The third-order valence-corrected chi connectivity index (χ3v) is 4.94. The van der Waals surface area contributed by atoms with Gasteiger partial charge in [-0.1, -0.05) is 27.5 Å². The summed E-state index contributed by atoms with van der Waals surface area (Å²) in [6.07, 6.45) is 1.69. The predicted molar refractivity (Wildman–Crippen MR) is 117 cm³/mol. The lowest BCUT2D eigenvalue weighted by Gasteiger charge is -2.14. The molecular formula is C21H18BrClN2O4. The van der Waals surface area contributed by atoms with Gasteiger partial charge in [0.05, 0.1) is 33.7 Å². The number of aromatic carboxylic acids is 1. The highest BCUT2D eigenvalue weighted by molar-refractivity contribution is 9.10. The lowest BCUT2D eigenvalue weighted by atomic mass is 10.1. The number of hydrazone groups is 1. The van der Waals surface area contributed by atoms with Gasteiger partial charge in [-0.3, -0.25) is 4.79 Å². The molecule has 0 saturated heterocycles. The van der Waals surface area contributed by atoms with Gasteiger partial charge in [0.2, 0.25) is 0 Å². The summed E-state index contributed by atoms with van der Waals surface area (Å²) in [5, 5.41) is 14.8. The van der Waals surface area contributed by atoms with Crippen molar-refractivity contribution in [3.8, 4) is 5.75 Å². The first kappa shape index (κ1) is 21.1. The van der Waals surface area contributed by atoms with Crippen LogP contribution in [0.1, 0.15) is 36.7 Å². The summed E-state index contributed by atoms with van der Waals surface area (Å²) < 4.78 is 6.69. The summed E-state index contributed by atoms with van der Waals surface area (Å²) >= 11 is 9.36. The van der Waals surface area contributed by atoms with Crippen molar-refractivity contribution < 1.29 is 19.4 Å². The second-order valence-electron chi connectivity index (χ2n) is 6.68. The lowest BCUT2D eigenvalue weighted by molar-refractivity contribution is -0.114. The number of nitrogens with zero attached hydrogens (tertiary/aromatic N) is 2. The van der Waals surface area contributed by atoms with E-state index in [9.17, 15) is 14.7 Å². The summed E-state index contributed by atoms with van der Waals surface area (Å²) in [5.41, 5.74) is 1.87. The number of halogens is 2. The number of rotatable bonds is 5. The lowest BCUT2D eigenvalue weighted by Crippen LogP contribution is -2.21. The molecule has 0 atom stereocenters. The Morgan fingerprint density at radius 3 is 2.66 bits per heavy atom. The minimum atomic E-state index is -1.18. The zero-order valence-electron chi connectivity index (χ0n) is 15.9. The zero-order valence-corrected chi connectivity index (χ0v) is 18.3. The second kappa shape index (κ2) is 8.39. The molecule has 0 radical (unpaired) electrons. The van der Waals surface area contributed by atoms with Crippen molar-refractivity contribution in [3.05, 3.63) is 62.6 Å². The van der Waals surface area contributed by atoms with Crippen LogP contribution in [-0.2, 0) is 4.79 Å². The minimum absolute atomic E-state index is 0.0256. The van der Waals surface area contributed by atoms with E-state index in [0.29, 0.717) is 22.7 Å². The molecule has 0 aliphatic carbocycles. The monoisotopic (exact) mass is 476 g/mol. The van der Waals surface area contributed by atoms with Crippen LogP contribution in [0.2, 0.25) is 5.02 Å². The summed E-state index contributed by atoms with van der Waals surface area (Å²) in [7, 11) is 0. The molecule has 150 valence electrons. The third kappa shape index (κ3) is 4.52. The van der Waals surface area contributed by atoms with Crippen molar-refractivity contribution >= 4 is 56.9 Å². The van der Waals surface area contributed by atoms with Gasteiger partial charge in [-0.05, 0) is 63.2 Å². The van der Waals surface area contributed by atoms with E-state index < -0.39 is 5.97 Å². The van der Waals surface area contributed by atoms with Gasteiger partial charge in [-0.25, -0.2) is 4.79 Å². The number of anilines is 1. The Labute approximate surface area is 181 Å². The fourth-order valence-electron chi connectivity index (χ4n) is 2.82. The molecule has 2 aromatic rings. The highest BCUT2D eigenvalue weighted by Crippen LogP contribution is 2.31. The van der Waals surface area contributed by atoms with Crippen LogP contribution in [-0.4, -0.2) is 28.8 Å². The van der Waals surface area contributed by atoms with Gasteiger partial charge in [0.1, 0.15) is 5.75 Å². The fraction of sp³-hybridized carbons (Fsp3) is 0.190. The summed E-state index contributed by atoms with van der Waals surface area (Å²) in [6.45, 7) is 5.57. The average Bonchev–Trinajstić information content (AvgIpc) is 2.92. The zero-order chi connectivity index (χ0) is 21.3. The van der Waals surface area contributed by atoms with E-state index in [-0.39, 0.29) is 22.6 Å². The van der Waals surface area contributed by atoms with Crippen LogP contribution < -0.4 is 9.75 Å². The predicted octanol–water partition coefficient (Wildman–Crippen LogP) is 5.39. The molecule has 8 heteroatoms. The van der Waals surface area contributed by atoms with Crippen molar-refractivity contribution in [3.63, 3.8) is 0 Å². The van der Waals surface area contributed by atoms with Gasteiger partial charge >= 0.3 is 5.97 Å². The van der Waals surface area contributed by atoms with Crippen molar-refractivity contribution in [1.29, 1.82) is 0 Å². The van der Waals surface area contributed by atoms with Crippen LogP contribution in [0.4, 0.5) is 5.69 Å². The topological polar surface area (TPSA) is 79.2 Å². The molecule has 1 aliphatic heterocycles. The van der Waals surface area contributed by atoms with Gasteiger partial charge < -0.3 is 9.84 Å². The average molecular weight is 478 g/mol. The van der Waals surface area contributed by atoms with Gasteiger partial charge in [-0.15, -0.1) is 0 Å². The molecule has 3 rings (SSSR count). The molecule has 1 amide bonds. The van der Waals surface area contributed by atoms with E-state index in [4.69, 9.17) is 16.3 Å². The number of ether oxygens (including phenoxy) is 1. The fourth-order valence-corrected chi connectivity index (χ4v) is 3.39. The van der Waals surface area contributed by atoms with Gasteiger partial charge in [0, 0.05) is 10.0 Å². The van der Waals surface area contributed by atoms with Gasteiger partial charge in [0.15, 0.2) is 0 Å². The van der Waals surface area contributed by atoms with Crippen molar-refractivity contribution in [2.45, 2.75) is 26.9 Å². The van der Waals surface area contributed by atoms with E-state index >= 15 is 0 Å². The Balaban J connectivity index is 2.00. The molecule has 0 unspecified atom stereocenters. The Hall–Kier alpha value is -2.64. The quantitative estimate of drug-likeness (QED) is 0.585. The molecule has 2 aromatic carbocycles. The number of carboxylic acids is 1. The summed E-state index contributed by atoms with van der Waals surface area (Å²) in [5.74, 6) is -0.893. The van der Waals surface area contributed by atoms with E-state index in [1.165, 1.54) is 17.1 Å². The highest BCUT2D eigenvalue weighted by Gasteiger charge is 2.30. The smallest absolute Gasteiger partial charge is 0.337 e. The van der Waals surface area contributed by atoms with E-state index in [1.807, 2.05) is 32.0 Å². The van der Waals surface area contributed by atoms with E-state index in [0.717, 1.165) is 10.0 Å². The number of amides is 1. The van der Waals surface area contributed by atoms with Crippen LogP contribution in [0.15, 0.2) is 51.5 Å². The van der Waals surface area contributed by atoms with Crippen molar-refractivity contribution in [2.75, 3.05) is 5.01 Å². The normalized spacial score (nSPS) is 15.2. The van der Waals surface area contributed by atoms with Gasteiger partial charge in [-0.2, -0.15) is 10.1 Å². The first-order valence-corrected chi connectivity index (χ1v) is 9.95. The maximum atomic E-state index is 13.0. The maximum absolute atomic E-state index is 13.0. The van der Waals surface area contributed by atoms with Crippen LogP contribution in [0.25, 0.3) is 6.08 Å². The first-order chi connectivity index (χ1) is 13.7. The van der Waals surface area contributed by atoms with Crippen LogP contribution >= 0.6 is 27.5 Å². The molecule has 29 heavy (non-hydrogen) atoms. The molecule has 0 saturated carbocycles. The van der Waals surface area contributed by atoms with Crippen LogP contribution in [0.3, 0.4) is 0 Å². The molecule has 6 nitrogen and oxygen atoms in total. The number of carboxylic acid groups (broad SMARTS) is 1. The summed E-state index contributed by atoms with van der Waals surface area (Å²) in [4.78, 5) is 24.4. The molecule has 0 bridgehead atoms. The number of carbonyl (C=O) groups is 2. The van der Waals surface area contributed by atoms with E-state index in [2.05, 4.69) is 21.0 Å². The number of benzene rings is 2. The maximum Gasteiger partial charge on any atom is 0.337 e. The number of carbonyl (C=O) groups excluding carboxylic acids is 1. The Bertz CT molecular complexity index is 1060. The molecule has 0 aromatic heterocycles. The molecule has 1 aliphatic rings. The molecule has 0 fully saturated rings. The Morgan fingerprint density at radius 2 is 2.00 bits per heavy atom. The largest absolute Gasteiger partial charge is 0.490 e. The Morgan fingerprint density at radius 1 is 1.28 bits per heavy atom. The second-order valence-corrected chi connectivity index (χ2v) is 8.00. The number of hydrogen-bond donors (Lipinski definition) is 1. The first-order valence-electron chi connectivity index (χ1n) is 8.78. The Kier molecular flexibility index (Phi) is 6.10. The van der Waals surface area contributed by atoms with Gasteiger partial charge in [0.25, 0.3) is 5.91 Å². The summed E-state index contributed by atoms with van der Waals surface area (Å²) in [6, 6.07) is 9.87. The standard InChI is InChI=1S/C21H18BrClN2O4/c1-11(2)29-19-7-4-14(22)8-13(19)9-16-12(3)24-25(20(16)26)15-5-6-18(23)17(10-15)21(27)28/h4-11H,1-3H3,(H,27,28)/b16-9-. The molecule has 1 N–H and O–H groups in total. The van der Waals surface area contributed by atoms with Crippen molar-refractivity contribution in [1.82, 2.24) is 0 Å². The van der Waals surface area contributed by atoms with Crippen LogP contribution in [0.5, 0.6) is 5.75 Å². The number of hydrogen-bond acceptors (Lipinski definition) is 4. The minimum Gasteiger partial charge on any atom is -0.490 e.